The van der Waals surface area contributed by atoms with Crippen LogP contribution in [0.3, 0.4) is 0 Å². The maximum atomic E-state index is 12.6. The number of hydrogen-bond acceptors (Lipinski definition) is 10. The Balaban J connectivity index is 1.45. The van der Waals surface area contributed by atoms with Crippen molar-refractivity contribution in [1.29, 1.82) is 0 Å². The molecule has 0 bridgehead atoms. The number of nitrogens with zero attached hydrogens (tertiary/aromatic N) is 5. The number of benzene rings is 1. The van der Waals surface area contributed by atoms with E-state index in [4.69, 9.17) is 41.6 Å². The first kappa shape index (κ1) is 32.7. The molecule has 1 fully saturated rings. The predicted molar refractivity (Wildman–Crippen MR) is 161 cm³/mol. The highest BCUT2D eigenvalue weighted by Crippen LogP contribution is 2.35. The third-order valence-electron chi connectivity index (χ3n) is 5.87. The lowest BCUT2D eigenvalue weighted by Crippen LogP contribution is -2.40. The second-order valence-corrected chi connectivity index (χ2v) is 13.5. The fourth-order valence-corrected chi connectivity index (χ4v) is 5.47. The van der Waals surface area contributed by atoms with Crippen LogP contribution in [0.25, 0.3) is 11.2 Å². The fraction of sp³-hybridized carbons (Fsp3) is 0.519. The van der Waals surface area contributed by atoms with Gasteiger partial charge in [-0.3, -0.25) is 9.50 Å². The molecule has 0 radical (unpaired) electrons. The van der Waals surface area contributed by atoms with Crippen LogP contribution in [0.5, 0.6) is 5.75 Å². The number of carbonyl (C=O) groups is 2. The Morgan fingerprint density at radius 2 is 1.81 bits per heavy atom. The number of rotatable bonds is 8. The summed E-state index contributed by atoms with van der Waals surface area (Å²) in [5.41, 5.74) is -0.0188. The van der Waals surface area contributed by atoms with E-state index in [-0.39, 0.29) is 25.6 Å². The number of anilines is 1. The fourth-order valence-electron chi connectivity index (χ4n) is 4.12. The van der Waals surface area contributed by atoms with Crippen LogP contribution in [0.4, 0.5) is 15.4 Å². The zero-order valence-electron chi connectivity index (χ0n) is 24.7. The van der Waals surface area contributed by atoms with E-state index in [1.165, 1.54) is 6.33 Å². The normalized spacial score (nSPS) is 17.3. The summed E-state index contributed by atoms with van der Waals surface area (Å²) in [5, 5.41) is 3.26. The van der Waals surface area contributed by atoms with E-state index in [9.17, 15) is 13.8 Å². The molecular formula is C27H34Cl2N6O7S. The van der Waals surface area contributed by atoms with Gasteiger partial charge in [-0.05, 0) is 66.5 Å². The molecule has 1 N–H and O–H groups in total. The molecular weight excluding hydrogens is 623 g/mol. The van der Waals surface area contributed by atoms with Gasteiger partial charge < -0.3 is 18.8 Å². The van der Waals surface area contributed by atoms with E-state index in [2.05, 4.69) is 20.3 Å². The molecule has 3 aromatic rings. The third-order valence-corrected chi connectivity index (χ3v) is 7.82. The molecule has 1 aliphatic rings. The van der Waals surface area contributed by atoms with Crippen LogP contribution < -0.4 is 10.1 Å². The van der Waals surface area contributed by atoms with Crippen molar-refractivity contribution in [1.82, 2.24) is 23.8 Å². The van der Waals surface area contributed by atoms with Crippen LogP contribution >= 0.6 is 23.2 Å². The number of ether oxygens (including phenoxy) is 3. The molecule has 1 aromatic carbocycles. The van der Waals surface area contributed by atoms with Gasteiger partial charge >= 0.3 is 12.2 Å². The van der Waals surface area contributed by atoms with Gasteiger partial charge in [0.05, 0.1) is 42.2 Å². The van der Waals surface area contributed by atoms with Crippen LogP contribution in [-0.4, -0.2) is 70.7 Å². The Labute approximate surface area is 261 Å². The van der Waals surface area contributed by atoms with Crippen molar-refractivity contribution in [2.45, 2.75) is 78.2 Å². The first-order valence-electron chi connectivity index (χ1n) is 13.5. The minimum atomic E-state index is -1.91. The van der Waals surface area contributed by atoms with Crippen molar-refractivity contribution in [2.24, 2.45) is 0 Å². The van der Waals surface area contributed by atoms with E-state index in [0.717, 1.165) is 4.31 Å². The lowest BCUT2D eigenvalue weighted by Gasteiger charge is -2.25. The first-order valence-corrected chi connectivity index (χ1v) is 15.2. The zero-order valence-corrected chi connectivity index (χ0v) is 27.0. The predicted octanol–water partition coefficient (Wildman–Crippen LogP) is 5.90. The van der Waals surface area contributed by atoms with E-state index < -0.39 is 40.7 Å². The van der Waals surface area contributed by atoms with Gasteiger partial charge in [0.15, 0.2) is 17.0 Å². The molecule has 4 rings (SSSR count). The number of halogens is 2. The Bertz CT molecular complexity index is 1520. The Morgan fingerprint density at radius 3 is 2.51 bits per heavy atom. The molecule has 0 aliphatic carbocycles. The lowest BCUT2D eigenvalue weighted by atomic mass is 10.1. The van der Waals surface area contributed by atoms with Crippen molar-refractivity contribution in [3.63, 3.8) is 0 Å². The van der Waals surface area contributed by atoms with Crippen molar-refractivity contribution >= 4 is 63.6 Å². The van der Waals surface area contributed by atoms with Gasteiger partial charge in [-0.25, -0.2) is 28.7 Å². The molecule has 43 heavy (non-hydrogen) atoms. The summed E-state index contributed by atoms with van der Waals surface area (Å²) in [4.78, 5) is 37.7. The Morgan fingerprint density at radius 1 is 1.09 bits per heavy atom. The minimum Gasteiger partial charge on any atom is -0.493 e. The molecule has 2 aromatic heterocycles. The quantitative estimate of drug-likeness (QED) is 0.290. The van der Waals surface area contributed by atoms with Crippen LogP contribution in [0.15, 0.2) is 24.8 Å². The summed E-state index contributed by atoms with van der Waals surface area (Å²) >= 11 is 11.0. The zero-order chi connectivity index (χ0) is 31.5. The van der Waals surface area contributed by atoms with Crippen LogP contribution in [0.2, 0.25) is 10.0 Å². The average molecular weight is 658 g/mol. The van der Waals surface area contributed by atoms with Crippen molar-refractivity contribution in [3.8, 4) is 5.75 Å². The largest absolute Gasteiger partial charge is 0.493 e. The molecule has 0 spiro atoms. The van der Waals surface area contributed by atoms with Crippen LogP contribution in [0, 0.1) is 0 Å². The smallest absolute Gasteiger partial charge is 0.424 e. The van der Waals surface area contributed by atoms with Gasteiger partial charge in [0, 0.05) is 5.56 Å². The molecule has 1 saturated heterocycles. The molecule has 0 saturated carbocycles. The summed E-state index contributed by atoms with van der Waals surface area (Å²) in [5.74, 6) is 0.691. The van der Waals surface area contributed by atoms with Crippen LogP contribution in [0.1, 0.15) is 59.9 Å². The highest BCUT2D eigenvalue weighted by molar-refractivity contribution is 7.78. The number of fused-ring (bicyclic) bond motifs is 1. The van der Waals surface area contributed by atoms with Gasteiger partial charge in [0.2, 0.25) is 0 Å². The number of amides is 2. The number of hydrogen-bond donors (Lipinski definition) is 1. The third kappa shape index (κ3) is 8.46. The monoisotopic (exact) mass is 656 g/mol. The van der Waals surface area contributed by atoms with Crippen molar-refractivity contribution < 1.29 is 32.2 Å². The summed E-state index contributed by atoms with van der Waals surface area (Å²) in [6.07, 6.45) is 2.49. The first-order chi connectivity index (χ1) is 20.1. The summed E-state index contributed by atoms with van der Waals surface area (Å²) in [6, 6.07) is 2.93. The summed E-state index contributed by atoms with van der Waals surface area (Å²) in [7, 11) is 0. The number of imidazole rings is 1. The van der Waals surface area contributed by atoms with E-state index >= 15 is 0 Å². The SMILES string of the molecule is CC(C)(C)OC(=O)Nc1ncnc2c1ncn2Cc1c(OCCC[C@@H]2COS(=O)N2C(=O)OC(C)(C)C)ccc(Cl)c1Cl. The van der Waals surface area contributed by atoms with Crippen LogP contribution in [-0.2, 0) is 31.5 Å². The van der Waals surface area contributed by atoms with Gasteiger partial charge in [0.25, 0.3) is 11.3 Å². The summed E-state index contributed by atoms with van der Waals surface area (Å²) in [6.45, 7) is 11.1. The molecule has 13 nitrogen and oxygen atoms in total. The molecule has 1 aliphatic heterocycles. The maximum absolute atomic E-state index is 12.6. The minimum absolute atomic E-state index is 0.129. The molecule has 16 heteroatoms. The number of nitrogens with one attached hydrogen (secondary N) is 1. The van der Waals surface area contributed by atoms with E-state index in [0.29, 0.717) is 45.4 Å². The molecule has 2 amide bonds. The lowest BCUT2D eigenvalue weighted by molar-refractivity contribution is 0.0355. The van der Waals surface area contributed by atoms with E-state index in [1.54, 1.807) is 64.6 Å². The van der Waals surface area contributed by atoms with E-state index in [1.807, 2.05) is 0 Å². The average Bonchev–Trinajstić information content (AvgIpc) is 3.47. The van der Waals surface area contributed by atoms with Crippen molar-refractivity contribution in [3.05, 3.63) is 40.4 Å². The number of aromatic nitrogens is 4. The Hall–Kier alpha value is -3.20. The number of carbonyl (C=O) groups excluding carboxylic acids is 2. The molecule has 234 valence electrons. The molecule has 1 unspecified atom stereocenters. The van der Waals surface area contributed by atoms with Gasteiger partial charge in [-0.1, -0.05) is 23.2 Å². The maximum Gasteiger partial charge on any atom is 0.424 e. The highest BCUT2D eigenvalue weighted by atomic mass is 35.5. The van der Waals surface area contributed by atoms with Gasteiger partial charge in [0.1, 0.15) is 23.3 Å². The topological polar surface area (TPSA) is 147 Å². The molecule has 2 atom stereocenters. The molecule has 3 heterocycles. The standard InChI is InChI=1S/C27H34Cl2N6O7S/c1-26(2,3)41-24(36)33-22-21-23(31-14-30-22)34(15-32-21)12-17-19(10-9-18(28)20(17)29)39-11-7-8-16-13-40-43(38)35(16)25(37)42-27(4,5)6/h9-10,14-16H,7-8,11-13H2,1-6H3,(H,30,31,33,36)/t16-,43?/m1/s1. The van der Waals surface area contributed by atoms with Gasteiger partial charge in [-0.15, -0.1) is 0 Å². The second kappa shape index (κ2) is 13.2. The van der Waals surface area contributed by atoms with Crippen molar-refractivity contribution in [2.75, 3.05) is 18.5 Å². The Kier molecular flexibility index (Phi) is 10.0. The van der Waals surface area contributed by atoms with Gasteiger partial charge in [-0.2, -0.15) is 4.31 Å². The summed E-state index contributed by atoms with van der Waals surface area (Å²) < 4.78 is 37.1. The second-order valence-electron chi connectivity index (χ2n) is 11.7. The highest BCUT2D eigenvalue weighted by Gasteiger charge is 2.39.